The van der Waals surface area contributed by atoms with E-state index >= 15 is 0 Å². The van der Waals surface area contributed by atoms with Crippen molar-refractivity contribution < 1.29 is 4.79 Å². The summed E-state index contributed by atoms with van der Waals surface area (Å²) in [5.41, 5.74) is 6.90. The molecule has 0 radical (unpaired) electrons. The third kappa shape index (κ3) is 2.23. The van der Waals surface area contributed by atoms with Crippen LogP contribution in [0.1, 0.15) is 42.6 Å². The molecular formula is C12H18N2O. The van der Waals surface area contributed by atoms with Crippen LogP contribution in [0.2, 0.25) is 0 Å². The van der Waals surface area contributed by atoms with Crippen molar-refractivity contribution in [3.63, 3.8) is 0 Å². The molecule has 3 nitrogen and oxygen atoms in total. The Labute approximate surface area is 90.7 Å². The van der Waals surface area contributed by atoms with Crippen LogP contribution < -0.4 is 5.73 Å². The molecule has 0 fully saturated rings. The van der Waals surface area contributed by atoms with Crippen molar-refractivity contribution in [3.8, 4) is 0 Å². The molecule has 0 aliphatic rings. The molecule has 0 aliphatic carbocycles. The van der Waals surface area contributed by atoms with Gasteiger partial charge >= 0.3 is 0 Å². The summed E-state index contributed by atoms with van der Waals surface area (Å²) in [6.07, 6.45) is 4.58. The molecule has 0 saturated heterocycles. The molecule has 0 aliphatic heterocycles. The van der Waals surface area contributed by atoms with Gasteiger partial charge in [0.15, 0.2) is 5.78 Å². The van der Waals surface area contributed by atoms with Crippen LogP contribution in [0.25, 0.3) is 0 Å². The van der Waals surface area contributed by atoms with Crippen LogP contribution in [-0.2, 0) is 0 Å². The number of nitrogens with two attached hydrogens (primary N) is 1. The van der Waals surface area contributed by atoms with Crippen molar-refractivity contribution in [3.05, 3.63) is 29.6 Å². The predicted molar refractivity (Wildman–Crippen MR) is 60.8 cm³/mol. The Balaban J connectivity index is 3.09. The van der Waals surface area contributed by atoms with Gasteiger partial charge in [0.1, 0.15) is 0 Å². The van der Waals surface area contributed by atoms with Gasteiger partial charge in [-0.05, 0) is 31.4 Å². The number of carbonyl (C=O) groups excluding carboxylic acids is 1. The zero-order valence-corrected chi connectivity index (χ0v) is 9.58. The molecular weight excluding hydrogens is 188 g/mol. The third-order valence-corrected chi connectivity index (χ3v) is 3.00. The van der Waals surface area contributed by atoms with E-state index in [1.165, 1.54) is 0 Å². The lowest BCUT2D eigenvalue weighted by atomic mass is 9.85. The van der Waals surface area contributed by atoms with Gasteiger partial charge in [0.2, 0.25) is 0 Å². The van der Waals surface area contributed by atoms with E-state index in [1.54, 1.807) is 12.4 Å². The van der Waals surface area contributed by atoms with Gasteiger partial charge < -0.3 is 5.73 Å². The molecule has 1 aromatic heterocycles. The molecule has 15 heavy (non-hydrogen) atoms. The van der Waals surface area contributed by atoms with Crippen LogP contribution in [0, 0.1) is 6.92 Å². The van der Waals surface area contributed by atoms with Crippen LogP contribution in [0.5, 0.6) is 0 Å². The highest BCUT2D eigenvalue weighted by Gasteiger charge is 2.31. The highest BCUT2D eigenvalue weighted by molar-refractivity contribution is 6.03. The van der Waals surface area contributed by atoms with Gasteiger partial charge in [-0.3, -0.25) is 9.78 Å². The Hall–Kier alpha value is -1.22. The van der Waals surface area contributed by atoms with E-state index in [-0.39, 0.29) is 5.78 Å². The zero-order valence-electron chi connectivity index (χ0n) is 9.58. The third-order valence-electron chi connectivity index (χ3n) is 3.00. The fourth-order valence-electron chi connectivity index (χ4n) is 1.54. The number of aryl methyl sites for hydroxylation is 1. The standard InChI is InChI=1S/C12H18N2O/c1-4-12(13,5-2)11(15)10-8-14-7-6-9(10)3/h6-8H,4-5,13H2,1-3H3. The lowest BCUT2D eigenvalue weighted by Gasteiger charge is -2.25. The first-order chi connectivity index (χ1) is 7.05. The Morgan fingerprint density at radius 2 is 2.07 bits per heavy atom. The Bertz CT molecular complexity index is 356. The van der Waals surface area contributed by atoms with E-state index in [0.29, 0.717) is 18.4 Å². The lowest BCUT2D eigenvalue weighted by Crippen LogP contribution is -2.47. The Kier molecular flexibility index (Phi) is 3.58. The minimum absolute atomic E-state index is 0.00176. The number of nitrogens with zero attached hydrogens (tertiary/aromatic N) is 1. The van der Waals surface area contributed by atoms with E-state index in [0.717, 1.165) is 5.56 Å². The normalized spacial score (nSPS) is 11.5. The molecule has 0 aromatic carbocycles. The van der Waals surface area contributed by atoms with Crippen LogP contribution in [-0.4, -0.2) is 16.3 Å². The molecule has 0 spiro atoms. The molecule has 0 atom stereocenters. The number of carbonyl (C=O) groups is 1. The summed E-state index contributed by atoms with van der Waals surface area (Å²) in [5, 5.41) is 0. The fraction of sp³-hybridized carbons (Fsp3) is 0.500. The van der Waals surface area contributed by atoms with Crippen molar-refractivity contribution in [2.45, 2.75) is 39.2 Å². The first-order valence-corrected chi connectivity index (χ1v) is 5.29. The smallest absolute Gasteiger partial charge is 0.184 e. The summed E-state index contributed by atoms with van der Waals surface area (Å²) in [7, 11) is 0. The Morgan fingerprint density at radius 1 is 1.47 bits per heavy atom. The largest absolute Gasteiger partial charge is 0.319 e. The molecule has 0 bridgehead atoms. The second-order valence-corrected chi connectivity index (χ2v) is 3.88. The number of hydrogen-bond acceptors (Lipinski definition) is 3. The molecule has 1 heterocycles. The summed E-state index contributed by atoms with van der Waals surface area (Å²) in [4.78, 5) is 16.2. The van der Waals surface area contributed by atoms with Crippen molar-refractivity contribution in [2.75, 3.05) is 0 Å². The van der Waals surface area contributed by atoms with E-state index in [2.05, 4.69) is 4.98 Å². The maximum absolute atomic E-state index is 12.2. The van der Waals surface area contributed by atoms with Crippen molar-refractivity contribution in [1.82, 2.24) is 4.98 Å². The van der Waals surface area contributed by atoms with Crippen LogP contribution in [0.4, 0.5) is 0 Å². The van der Waals surface area contributed by atoms with Gasteiger partial charge in [-0.1, -0.05) is 13.8 Å². The van der Waals surface area contributed by atoms with Crippen LogP contribution in [0.3, 0.4) is 0 Å². The highest BCUT2D eigenvalue weighted by Crippen LogP contribution is 2.19. The van der Waals surface area contributed by atoms with Gasteiger partial charge in [-0.25, -0.2) is 0 Å². The SMILES string of the molecule is CCC(N)(CC)C(=O)c1cnccc1C. The van der Waals surface area contributed by atoms with Crippen molar-refractivity contribution in [1.29, 1.82) is 0 Å². The molecule has 82 valence electrons. The van der Waals surface area contributed by atoms with Gasteiger partial charge in [0, 0.05) is 18.0 Å². The van der Waals surface area contributed by atoms with E-state index in [9.17, 15) is 4.79 Å². The van der Waals surface area contributed by atoms with E-state index < -0.39 is 5.54 Å². The zero-order chi connectivity index (χ0) is 11.5. The monoisotopic (exact) mass is 206 g/mol. The molecule has 1 rings (SSSR count). The number of pyridine rings is 1. The highest BCUT2D eigenvalue weighted by atomic mass is 16.1. The second kappa shape index (κ2) is 4.53. The summed E-state index contributed by atoms with van der Waals surface area (Å²) in [6.45, 7) is 5.78. The van der Waals surface area contributed by atoms with Crippen LogP contribution in [0.15, 0.2) is 18.5 Å². The molecule has 3 heteroatoms. The minimum atomic E-state index is -0.742. The second-order valence-electron chi connectivity index (χ2n) is 3.88. The van der Waals surface area contributed by atoms with Gasteiger partial charge in [-0.2, -0.15) is 0 Å². The summed E-state index contributed by atoms with van der Waals surface area (Å²) < 4.78 is 0. The van der Waals surface area contributed by atoms with Gasteiger partial charge in [-0.15, -0.1) is 0 Å². The Morgan fingerprint density at radius 3 is 2.53 bits per heavy atom. The topological polar surface area (TPSA) is 56.0 Å². The van der Waals surface area contributed by atoms with Crippen LogP contribution >= 0.6 is 0 Å². The average molecular weight is 206 g/mol. The van der Waals surface area contributed by atoms with E-state index in [1.807, 2.05) is 26.8 Å². The summed E-state index contributed by atoms with van der Waals surface area (Å²) in [6, 6.07) is 1.83. The number of Topliss-reactive ketones (excluding diaryl/α,β-unsaturated/α-hetero) is 1. The first-order valence-electron chi connectivity index (χ1n) is 5.29. The minimum Gasteiger partial charge on any atom is -0.319 e. The molecule has 0 amide bonds. The number of ketones is 1. The number of hydrogen-bond donors (Lipinski definition) is 1. The number of aromatic nitrogens is 1. The molecule has 2 N–H and O–H groups in total. The van der Waals surface area contributed by atoms with Crippen molar-refractivity contribution >= 4 is 5.78 Å². The molecule has 0 unspecified atom stereocenters. The average Bonchev–Trinajstić information content (AvgIpc) is 2.28. The number of rotatable bonds is 4. The molecule has 1 aromatic rings. The van der Waals surface area contributed by atoms with Gasteiger partial charge in [0.05, 0.1) is 5.54 Å². The quantitative estimate of drug-likeness (QED) is 0.767. The van der Waals surface area contributed by atoms with E-state index in [4.69, 9.17) is 5.73 Å². The maximum atomic E-state index is 12.2. The lowest BCUT2D eigenvalue weighted by molar-refractivity contribution is 0.0878. The summed E-state index contributed by atoms with van der Waals surface area (Å²) >= 11 is 0. The summed E-state index contributed by atoms with van der Waals surface area (Å²) in [5.74, 6) is -0.00176. The predicted octanol–water partition coefficient (Wildman–Crippen LogP) is 2.09. The maximum Gasteiger partial charge on any atom is 0.184 e. The van der Waals surface area contributed by atoms with Gasteiger partial charge in [0.25, 0.3) is 0 Å². The first kappa shape index (κ1) is 11.9. The van der Waals surface area contributed by atoms with Crippen molar-refractivity contribution in [2.24, 2.45) is 5.73 Å². The fourth-order valence-corrected chi connectivity index (χ4v) is 1.54. The molecule has 0 saturated carbocycles.